The van der Waals surface area contributed by atoms with E-state index in [1.54, 1.807) is 6.07 Å². The number of rotatable bonds is 4. The molecule has 1 atom stereocenters. The van der Waals surface area contributed by atoms with Crippen molar-refractivity contribution in [2.24, 2.45) is 0 Å². The molecule has 0 N–H and O–H groups in total. The summed E-state index contributed by atoms with van der Waals surface area (Å²) in [7, 11) is -0.676. The predicted octanol–water partition coefficient (Wildman–Crippen LogP) is 1.76. The van der Waals surface area contributed by atoms with E-state index in [1.807, 2.05) is 0 Å². The van der Waals surface area contributed by atoms with E-state index in [2.05, 4.69) is 0 Å². The third-order valence-electron chi connectivity index (χ3n) is 3.61. The van der Waals surface area contributed by atoms with Crippen molar-refractivity contribution in [3.05, 3.63) is 35.4 Å². The van der Waals surface area contributed by atoms with Crippen LogP contribution in [0.5, 0.6) is 0 Å². The van der Waals surface area contributed by atoms with Gasteiger partial charge in [0, 0.05) is 27.2 Å². The van der Waals surface area contributed by atoms with Gasteiger partial charge < -0.3 is 4.74 Å². The topological polar surface area (TPSA) is 49.9 Å². The van der Waals surface area contributed by atoms with Gasteiger partial charge in [0.25, 0.3) is 10.2 Å². The first-order valence-electron chi connectivity index (χ1n) is 7.06. The second-order valence-corrected chi connectivity index (χ2v) is 7.69. The van der Waals surface area contributed by atoms with E-state index in [4.69, 9.17) is 4.74 Å². The molecule has 1 aromatic rings. The molecule has 0 amide bonds. The van der Waals surface area contributed by atoms with Crippen molar-refractivity contribution in [2.45, 2.75) is 18.7 Å². The van der Waals surface area contributed by atoms with Crippen LogP contribution in [-0.4, -0.2) is 56.9 Å². The lowest BCUT2D eigenvalue weighted by Crippen LogP contribution is -2.50. The molecule has 0 bridgehead atoms. The number of hydrogen-bond acceptors (Lipinski definition) is 3. The van der Waals surface area contributed by atoms with Crippen LogP contribution in [0.3, 0.4) is 0 Å². The highest BCUT2D eigenvalue weighted by Crippen LogP contribution is 2.30. The largest absolute Gasteiger partial charge is 0.416 e. The van der Waals surface area contributed by atoms with Crippen LogP contribution in [0.1, 0.15) is 11.1 Å². The lowest BCUT2D eigenvalue weighted by Gasteiger charge is -2.33. The zero-order valence-corrected chi connectivity index (χ0v) is 13.7. The molecule has 0 saturated carbocycles. The molecule has 0 spiro atoms. The van der Waals surface area contributed by atoms with Gasteiger partial charge in [-0.3, -0.25) is 0 Å². The van der Waals surface area contributed by atoms with Gasteiger partial charge in [-0.1, -0.05) is 18.2 Å². The third-order valence-corrected chi connectivity index (χ3v) is 5.51. The van der Waals surface area contributed by atoms with E-state index < -0.39 is 28.1 Å². The van der Waals surface area contributed by atoms with Crippen molar-refractivity contribution >= 4 is 10.2 Å². The SMILES string of the molecule is CN(C)S(=O)(=O)N1CCOC(Cc2cccc(C(F)(F)F)c2)C1. The molecule has 1 saturated heterocycles. The summed E-state index contributed by atoms with van der Waals surface area (Å²) in [5.41, 5.74) is -0.252. The van der Waals surface area contributed by atoms with Gasteiger partial charge in [0.15, 0.2) is 0 Å². The summed E-state index contributed by atoms with van der Waals surface area (Å²) in [6, 6.07) is 5.00. The fraction of sp³-hybridized carbons (Fsp3) is 0.571. The van der Waals surface area contributed by atoms with E-state index in [9.17, 15) is 21.6 Å². The van der Waals surface area contributed by atoms with Crippen molar-refractivity contribution < 1.29 is 26.3 Å². The van der Waals surface area contributed by atoms with Crippen molar-refractivity contribution in [2.75, 3.05) is 33.8 Å². The predicted molar refractivity (Wildman–Crippen MR) is 79.1 cm³/mol. The first-order valence-corrected chi connectivity index (χ1v) is 8.46. The van der Waals surface area contributed by atoms with Crippen molar-refractivity contribution in [1.29, 1.82) is 0 Å². The van der Waals surface area contributed by atoms with Gasteiger partial charge >= 0.3 is 6.18 Å². The van der Waals surface area contributed by atoms with E-state index in [0.717, 1.165) is 16.4 Å². The Morgan fingerprint density at radius 1 is 1.35 bits per heavy atom. The molecular weight excluding hydrogens is 333 g/mol. The molecule has 0 aromatic heterocycles. The summed E-state index contributed by atoms with van der Waals surface area (Å²) < 4.78 is 70.3. The molecule has 9 heteroatoms. The van der Waals surface area contributed by atoms with Gasteiger partial charge in [-0.05, 0) is 18.1 Å². The molecule has 2 rings (SSSR count). The first-order chi connectivity index (χ1) is 10.6. The minimum Gasteiger partial charge on any atom is -0.375 e. The van der Waals surface area contributed by atoms with Crippen LogP contribution in [-0.2, 0) is 27.5 Å². The Bertz CT molecular complexity index is 647. The number of halogens is 3. The molecule has 130 valence electrons. The second kappa shape index (κ2) is 6.76. The first kappa shape index (κ1) is 18.2. The Hall–Kier alpha value is -1.16. The number of alkyl halides is 3. The summed E-state index contributed by atoms with van der Waals surface area (Å²) >= 11 is 0. The van der Waals surface area contributed by atoms with Crippen LogP contribution in [0.25, 0.3) is 0 Å². The fourth-order valence-corrected chi connectivity index (χ4v) is 3.52. The summed E-state index contributed by atoms with van der Waals surface area (Å²) in [5, 5.41) is 0. The Morgan fingerprint density at radius 3 is 2.65 bits per heavy atom. The van der Waals surface area contributed by atoms with Crippen LogP contribution in [0, 0.1) is 0 Å². The van der Waals surface area contributed by atoms with Crippen LogP contribution in [0.15, 0.2) is 24.3 Å². The molecule has 1 aliphatic rings. The highest BCUT2D eigenvalue weighted by atomic mass is 32.2. The lowest BCUT2D eigenvalue weighted by molar-refractivity contribution is -0.137. The minimum absolute atomic E-state index is 0.122. The summed E-state index contributed by atoms with van der Waals surface area (Å²) in [6.07, 6.45) is -4.64. The fourth-order valence-electron chi connectivity index (χ4n) is 2.39. The maximum absolute atomic E-state index is 12.7. The average Bonchev–Trinajstić information content (AvgIpc) is 2.47. The Kier molecular flexibility index (Phi) is 5.34. The molecule has 1 aromatic carbocycles. The third kappa shape index (κ3) is 4.43. The molecule has 0 aliphatic carbocycles. The molecule has 1 fully saturated rings. The van der Waals surface area contributed by atoms with Crippen LogP contribution < -0.4 is 0 Å². The van der Waals surface area contributed by atoms with Crippen molar-refractivity contribution in [3.8, 4) is 0 Å². The van der Waals surface area contributed by atoms with Gasteiger partial charge in [0.1, 0.15) is 0 Å². The van der Waals surface area contributed by atoms with Gasteiger partial charge in [0.2, 0.25) is 0 Å². The molecule has 1 unspecified atom stereocenters. The van der Waals surface area contributed by atoms with E-state index >= 15 is 0 Å². The van der Waals surface area contributed by atoms with Gasteiger partial charge in [-0.25, -0.2) is 0 Å². The second-order valence-electron chi connectivity index (χ2n) is 5.54. The van der Waals surface area contributed by atoms with Crippen molar-refractivity contribution in [1.82, 2.24) is 8.61 Å². The lowest BCUT2D eigenvalue weighted by atomic mass is 10.0. The molecular formula is C14H19F3N2O3S. The molecule has 23 heavy (non-hydrogen) atoms. The zero-order chi connectivity index (χ0) is 17.3. The average molecular weight is 352 g/mol. The standard InChI is InChI=1S/C14H19F3N2O3S/c1-18(2)23(20,21)19-6-7-22-13(10-19)9-11-4-3-5-12(8-11)14(15,16)17/h3-5,8,13H,6-7,9-10H2,1-2H3. The van der Waals surface area contributed by atoms with Crippen LogP contribution in [0.4, 0.5) is 13.2 Å². The molecule has 1 heterocycles. The monoisotopic (exact) mass is 352 g/mol. The van der Waals surface area contributed by atoms with Gasteiger partial charge in [-0.15, -0.1) is 0 Å². The maximum atomic E-state index is 12.7. The molecule has 1 aliphatic heterocycles. The van der Waals surface area contributed by atoms with Crippen molar-refractivity contribution in [3.63, 3.8) is 0 Å². The molecule has 5 nitrogen and oxygen atoms in total. The maximum Gasteiger partial charge on any atom is 0.416 e. The molecule has 0 radical (unpaired) electrons. The smallest absolute Gasteiger partial charge is 0.375 e. The number of nitrogens with zero attached hydrogens (tertiary/aromatic N) is 2. The highest BCUT2D eigenvalue weighted by molar-refractivity contribution is 7.86. The zero-order valence-electron chi connectivity index (χ0n) is 12.9. The van der Waals surface area contributed by atoms with Gasteiger partial charge in [0.05, 0.1) is 18.3 Å². The van der Waals surface area contributed by atoms with E-state index in [1.165, 1.54) is 24.5 Å². The Balaban J connectivity index is 2.09. The normalized spacial score (nSPS) is 20.9. The summed E-state index contributed by atoms with van der Waals surface area (Å²) in [4.78, 5) is 0. The summed E-state index contributed by atoms with van der Waals surface area (Å²) in [6.45, 7) is 0.576. The minimum atomic E-state index is -4.40. The highest BCUT2D eigenvalue weighted by Gasteiger charge is 2.32. The number of benzene rings is 1. The Labute approximate surface area is 133 Å². The Morgan fingerprint density at radius 2 is 2.04 bits per heavy atom. The summed E-state index contributed by atoms with van der Waals surface area (Å²) in [5.74, 6) is 0. The quantitative estimate of drug-likeness (QED) is 0.830. The van der Waals surface area contributed by atoms with Gasteiger partial charge in [-0.2, -0.15) is 30.2 Å². The number of hydrogen-bond donors (Lipinski definition) is 0. The van der Waals surface area contributed by atoms with E-state index in [-0.39, 0.29) is 26.1 Å². The number of morpholine rings is 1. The van der Waals surface area contributed by atoms with Crippen LogP contribution in [0.2, 0.25) is 0 Å². The number of ether oxygens (including phenoxy) is 1. The van der Waals surface area contributed by atoms with Crippen LogP contribution >= 0.6 is 0 Å². The van der Waals surface area contributed by atoms with E-state index in [0.29, 0.717) is 5.56 Å².